The molecule has 1 aliphatic heterocycles. The van der Waals surface area contributed by atoms with Crippen LogP contribution in [0.4, 0.5) is 5.82 Å². The van der Waals surface area contributed by atoms with Gasteiger partial charge in [0.25, 0.3) is 10.1 Å². The zero-order chi connectivity index (χ0) is 38.9. The lowest BCUT2D eigenvalue weighted by molar-refractivity contribution is -0.138. The number of phenolic OH excluding ortho intramolecular Hbond substituents is 2. The molecule has 1 saturated heterocycles. The Bertz CT molecular complexity index is 2160. The maximum Gasteiger partial charge on any atom is 0.416 e. The van der Waals surface area contributed by atoms with Gasteiger partial charge in [-0.1, -0.05) is 0 Å². The van der Waals surface area contributed by atoms with Gasteiger partial charge >= 0.3 is 26.8 Å². The van der Waals surface area contributed by atoms with Crippen molar-refractivity contribution < 1.29 is 85.1 Å². The number of hydrogen-bond donors (Lipinski definition) is 8. The Labute approximate surface area is 290 Å². The van der Waals surface area contributed by atoms with E-state index in [0.29, 0.717) is 11.8 Å². The summed E-state index contributed by atoms with van der Waals surface area (Å²) in [4.78, 5) is 20.4. The summed E-state index contributed by atoms with van der Waals surface area (Å²) in [6.07, 6.45) is -1.64. The topological polar surface area (TPSA) is 421 Å². The number of carboxylic acid groups (broad SMARTS) is 1. The van der Waals surface area contributed by atoms with E-state index in [1.165, 1.54) is 10.9 Å². The van der Waals surface area contributed by atoms with Gasteiger partial charge in [-0.3, -0.25) is 18.5 Å². The van der Waals surface area contributed by atoms with Crippen LogP contribution in [0.15, 0.2) is 34.6 Å². The highest BCUT2D eigenvalue weighted by atomic mass is 32.3. The maximum atomic E-state index is 12.0. The van der Waals surface area contributed by atoms with Gasteiger partial charge in [0, 0.05) is 12.5 Å². The molecule has 10 N–H and O–H groups in total. The summed E-state index contributed by atoms with van der Waals surface area (Å²) >= 11 is 0. The van der Waals surface area contributed by atoms with Crippen molar-refractivity contribution in [2.24, 2.45) is 5.73 Å². The highest BCUT2D eigenvalue weighted by Crippen LogP contribution is 2.36. The molecule has 1 fully saturated rings. The second-order valence-electron chi connectivity index (χ2n) is 10.2. The predicted octanol–water partition coefficient (Wildman–Crippen LogP) is -3.59. The number of aromatic nitrogens is 4. The van der Waals surface area contributed by atoms with Crippen molar-refractivity contribution in [2.45, 2.75) is 46.8 Å². The molecule has 0 radical (unpaired) electrons. The SMILES string of the molecule is C[S+](CC[C@H](N)C(=O)O)C[C@H]1O[C@@H](n2cnc3c(N)ncnc32)[C@H](O)[C@@H]1OS(=O)(=O)OS(=O)(=O)O.O=S(=O)([O-])c1cc(S(=O)(=O)O)c(O)cc1O. The van der Waals surface area contributed by atoms with E-state index in [9.17, 15) is 48.1 Å². The van der Waals surface area contributed by atoms with E-state index in [1.54, 1.807) is 6.26 Å². The van der Waals surface area contributed by atoms with E-state index < -0.39 is 110 Å². The van der Waals surface area contributed by atoms with Crippen molar-refractivity contribution >= 4 is 74.9 Å². The zero-order valence-corrected chi connectivity index (χ0v) is 29.4. The van der Waals surface area contributed by atoms with Crippen LogP contribution in [0.3, 0.4) is 0 Å². The number of nitrogens with two attached hydrogens (primary N) is 2. The molecule has 286 valence electrons. The quantitative estimate of drug-likeness (QED) is 0.0610. The van der Waals surface area contributed by atoms with Crippen LogP contribution in [0.1, 0.15) is 12.6 Å². The summed E-state index contributed by atoms with van der Waals surface area (Å²) in [5.41, 5.74) is 11.6. The Balaban J connectivity index is 0.000000367. The second kappa shape index (κ2) is 15.6. The third-order valence-corrected chi connectivity index (χ3v) is 11.9. The number of hydrogen-bond acceptors (Lipinski definition) is 21. The van der Waals surface area contributed by atoms with Crippen LogP contribution in [0.2, 0.25) is 0 Å². The molecule has 0 amide bonds. The number of aliphatic hydroxyl groups excluding tert-OH is 1. The van der Waals surface area contributed by atoms with Gasteiger partial charge in [0.15, 0.2) is 17.7 Å². The Morgan fingerprint density at radius 1 is 1.06 bits per heavy atom. The number of nitrogen functional groups attached to an aromatic ring is 1. The number of benzene rings is 1. The normalized spacial score (nSPS) is 21.1. The number of phenols is 2. The van der Waals surface area contributed by atoms with Gasteiger partial charge in [0.05, 0.1) is 17.5 Å². The van der Waals surface area contributed by atoms with E-state index in [1.807, 2.05) is 0 Å². The van der Waals surface area contributed by atoms with Gasteiger partial charge in [-0.25, -0.2) is 27.6 Å². The number of nitrogens with zero attached hydrogens (tertiary/aromatic N) is 4. The Morgan fingerprint density at radius 2 is 1.67 bits per heavy atom. The fraction of sp³-hybridized carbons (Fsp3) is 0.429. The molecule has 0 bridgehead atoms. The number of ether oxygens (including phenoxy) is 1. The third kappa shape index (κ3) is 11.0. The van der Waals surface area contributed by atoms with Crippen LogP contribution in [-0.4, -0.2) is 135 Å². The van der Waals surface area contributed by atoms with Crippen LogP contribution in [0.5, 0.6) is 11.5 Å². The number of aliphatic carboxylic acids is 1. The smallest absolute Gasteiger partial charge is 0.416 e. The maximum absolute atomic E-state index is 12.0. The second-order valence-corrected chi connectivity index (χ2v) is 17.7. The number of aliphatic hydroxyl groups is 1. The van der Waals surface area contributed by atoms with Crippen molar-refractivity contribution in [1.82, 2.24) is 19.5 Å². The van der Waals surface area contributed by atoms with Crippen LogP contribution in [0, 0.1) is 0 Å². The van der Waals surface area contributed by atoms with Gasteiger partial charge in [0.2, 0.25) is 0 Å². The first-order valence-corrected chi connectivity index (χ1v) is 20.7. The molecular formula is C21H28N6O19S5. The first kappa shape index (κ1) is 41.9. The molecule has 0 aliphatic carbocycles. The van der Waals surface area contributed by atoms with E-state index in [0.717, 1.165) is 6.33 Å². The molecule has 0 saturated carbocycles. The van der Waals surface area contributed by atoms with Crippen molar-refractivity contribution in [2.75, 3.05) is 23.5 Å². The molecule has 1 aliphatic rings. The zero-order valence-electron chi connectivity index (χ0n) is 25.3. The van der Waals surface area contributed by atoms with Crippen molar-refractivity contribution in [3.8, 4) is 11.5 Å². The minimum absolute atomic E-state index is 0.0413. The highest BCUT2D eigenvalue weighted by Gasteiger charge is 2.51. The van der Waals surface area contributed by atoms with Crippen LogP contribution >= 0.6 is 0 Å². The fourth-order valence-corrected chi connectivity index (χ4v) is 8.65. The van der Waals surface area contributed by atoms with Gasteiger partial charge in [0.1, 0.15) is 74.2 Å². The highest BCUT2D eigenvalue weighted by molar-refractivity contribution is 7.96. The predicted molar refractivity (Wildman–Crippen MR) is 167 cm³/mol. The van der Waals surface area contributed by atoms with E-state index in [2.05, 4.69) is 18.6 Å². The van der Waals surface area contributed by atoms with E-state index in [4.69, 9.17) is 44.8 Å². The molecular weight excluding hydrogens is 801 g/mol. The molecule has 4 rings (SSSR count). The molecule has 51 heavy (non-hydrogen) atoms. The first-order chi connectivity index (χ1) is 23.2. The number of anilines is 1. The van der Waals surface area contributed by atoms with Gasteiger partial charge in [-0.15, -0.1) is 3.63 Å². The Morgan fingerprint density at radius 3 is 2.22 bits per heavy atom. The lowest BCUT2D eigenvalue weighted by atomic mass is 10.1. The third-order valence-electron chi connectivity index (χ3n) is 6.50. The molecule has 3 aromatic rings. The number of carbonyl (C=O) groups is 1. The van der Waals surface area contributed by atoms with Crippen molar-refractivity contribution in [3.63, 3.8) is 0 Å². The summed E-state index contributed by atoms with van der Waals surface area (Å²) in [6.45, 7) is 0. The Kier molecular flexibility index (Phi) is 12.8. The van der Waals surface area contributed by atoms with E-state index >= 15 is 0 Å². The lowest BCUT2D eigenvalue weighted by Crippen LogP contribution is -2.41. The number of aromatic hydroxyl groups is 2. The largest absolute Gasteiger partial charge is 0.744 e. The molecule has 6 atom stereocenters. The molecule has 1 aromatic carbocycles. The van der Waals surface area contributed by atoms with Crippen LogP contribution in [0.25, 0.3) is 11.2 Å². The minimum Gasteiger partial charge on any atom is -0.744 e. The number of imidazole rings is 1. The van der Waals surface area contributed by atoms with Crippen molar-refractivity contribution in [1.29, 1.82) is 0 Å². The average Bonchev–Trinajstić information content (AvgIpc) is 3.51. The summed E-state index contributed by atoms with van der Waals surface area (Å²) in [5, 5.41) is 37.9. The molecule has 30 heteroatoms. The summed E-state index contributed by atoms with van der Waals surface area (Å²) in [6, 6.07) is -0.609. The monoisotopic (exact) mass is 828 g/mol. The van der Waals surface area contributed by atoms with Gasteiger partial charge in [-0.05, 0) is 17.0 Å². The number of carboxylic acids is 1. The van der Waals surface area contributed by atoms with Gasteiger partial charge in [-0.2, -0.15) is 25.3 Å². The average molecular weight is 829 g/mol. The van der Waals surface area contributed by atoms with E-state index in [-0.39, 0.29) is 35.2 Å². The minimum atomic E-state index is -5.45. The summed E-state index contributed by atoms with van der Waals surface area (Å²) < 4.78 is 132. The summed E-state index contributed by atoms with van der Waals surface area (Å²) in [5.74, 6) is -2.94. The molecule has 3 heterocycles. The fourth-order valence-electron chi connectivity index (χ4n) is 4.28. The van der Waals surface area contributed by atoms with Crippen LogP contribution < -0.4 is 11.5 Å². The van der Waals surface area contributed by atoms with Crippen LogP contribution in [-0.2, 0) is 69.3 Å². The Hall–Kier alpha value is -3.53. The van der Waals surface area contributed by atoms with Crippen molar-refractivity contribution in [3.05, 3.63) is 24.8 Å². The number of fused-ring (bicyclic) bond motifs is 1. The summed E-state index contributed by atoms with van der Waals surface area (Å²) in [7, 11) is -21.4. The molecule has 0 spiro atoms. The lowest BCUT2D eigenvalue weighted by Gasteiger charge is -2.19. The standard InChI is InChI=1S/C15H22N6O11S3.C6H6O8S2/c1-33(3-2-7(16)15(23)24)4-8-11(31-35(28,29)32-34(25,26)27)10(22)14(30-8)21-6-20-9-12(17)18-5-19-13(9)21;7-3-1-4(8)6(16(12,13)14)2-5(3)15(9,10)11/h5-8,10-11,14,22H,2-4,16H2,1H3,(H3-,17,18,19,23,24,25,26,27);1-2,7-8H,(H,9,10,11)(H,12,13,14)/t7-,8+,10+,11+,14+,33?;/m0./s1. The van der Waals surface area contributed by atoms with Gasteiger partial charge < -0.3 is 41.2 Å². The molecule has 1 unspecified atom stereocenters. The molecule has 25 nitrogen and oxygen atoms in total. The first-order valence-electron chi connectivity index (χ1n) is 13.2. The molecule has 2 aromatic heterocycles. The number of rotatable bonds is 13.